The monoisotopic (exact) mass is 414 g/mol. The van der Waals surface area contributed by atoms with Crippen molar-refractivity contribution in [2.75, 3.05) is 17.7 Å². The van der Waals surface area contributed by atoms with Gasteiger partial charge in [0.05, 0.1) is 12.0 Å². The SMILES string of the molecule is CCc1ccc(NC(=O)COC(=O)CSc2nnc(-c3ccco3)n2CC)cc1. The van der Waals surface area contributed by atoms with Gasteiger partial charge in [-0.2, -0.15) is 0 Å². The first-order chi connectivity index (χ1) is 14.1. The van der Waals surface area contributed by atoms with E-state index in [-0.39, 0.29) is 18.3 Å². The van der Waals surface area contributed by atoms with E-state index in [1.54, 1.807) is 18.4 Å². The summed E-state index contributed by atoms with van der Waals surface area (Å²) in [6.45, 7) is 4.30. The van der Waals surface area contributed by atoms with Crippen LogP contribution in [0.4, 0.5) is 5.69 Å². The summed E-state index contributed by atoms with van der Waals surface area (Å²) >= 11 is 1.20. The summed E-state index contributed by atoms with van der Waals surface area (Å²) in [6, 6.07) is 11.1. The lowest BCUT2D eigenvalue weighted by molar-refractivity contribution is -0.144. The molecule has 0 aliphatic carbocycles. The number of benzene rings is 1. The summed E-state index contributed by atoms with van der Waals surface area (Å²) in [5, 5.41) is 11.5. The predicted octanol–water partition coefficient (Wildman–Crippen LogP) is 3.39. The molecule has 9 heteroatoms. The number of carbonyl (C=O) groups excluding carboxylic acids is 2. The second-order valence-corrected chi connectivity index (χ2v) is 7.02. The number of furan rings is 1. The number of hydrogen-bond acceptors (Lipinski definition) is 7. The number of rotatable bonds is 9. The fourth-order valence-electron chi connectivity index (χ4n) is 2.60. The minimum absolute atomic E-state index is 0.0226. The van der Waals surface area contributed by atoms with Crippen LogP contribution in [0.2, 0.25) is 0 Å². The molecule has 0 atom stereocenters. The van der Waals surface area contributed by atoms with E-state index in [4.69, 9.17) is 9.15 Å². The lowest BCUT2D eigenvalue weighted by Gasteiger charge is -2.08. The maximum atomic E-state index is 12.0. The van der Waals surface area contributed by atoms with Gasteiger partial charge in [-0.1, -0.05) is 30.8 Å². The Morgan fingerprint density at radius 2 is 1.97 bits per heavy atom. The number of aromatic nitrogens is 3. The smallest absolute Gasteiger partial charge is 0.316 e. The summed E-state index contributed by atoms with van der Waals surface area (Å²) in [7, 11) is 0. The molecule has 0 unspecified atom stereocenters. The Kier molecular flexibility index (Phi) is 7.07. The van der Waals surface area contributed by atoms with Crippen LogP contribution in [0.3, 0.4) is 0 Å². The Morgan fingerprint density at radius 3 is 2.62 bits per heavy atom. The molecule has 0 aliphatic rings. The summed E-state index contributed by atoms with van der Waals surface area (Å²) in [6.07, 6.45) is 2.50. The second-order valence-electron chi connectivity index (χ2n) is 6.08. The molecular formula is C20H22N4O4S. The minimum Gasteiger partial charge on any atom is -0.461 e. The topological polar surface area (TPSA) is 99.2 Å². The van der Waals surface area contributed by atoms with Crippen LogP contribution in [0.25, 0.3) is 11.6 Å². The first kappa shape index (κ1) is 20.7. The summed E-state index contributed by atoms with van der Waals surface area (Å²) in [4.78, 5) is 23.9. The summed E-state index contributed by atoms with van der Waals surface area (Å²) in [5.41, 5.74) is 1.85. The number of ether oxygens (including phenoxy) is 1. The minimum atomic E-state index is -0.503. The highest BCUT2D eigenvalue weighted by Gasteiger charge is 2.17. The van der Waals surface area contributed by atoms with Crippen molar-refractivity contribution in [3.8, 4) is 11.6 Å². The fraction of sp³-hybridized carbons (Fsp3) is 0.300. The molecule has 0 fully saturated rings. The van der Waals surface area contributed by atoms with Crippen molar-refractivity contribution in [2.45, 2.75) is 32.0 Å². The molecule has 0 spiro atoms. The molecule has 1 amide bonds. The standard InChI is InChI=1S/C20H22N4O4S/c1-3-14-7-9-15(10-8-14)21-17(25)12-28-18(26)13-29-20-23-22-19(24(20)4-2)16-6-5-11-27-16/h5-11H,3-4,12-13H2,1-2H3,(H,21,25). The molecule has 0 saturated heterocycles. The fourth-order valence-corrected chi connectivity index (χ4v) is 3.40. The lowest BCUT2D eigenvalue weighted by Crippen LogP contribution is -2.21. The highest BCUT2D eigenvalue weighted by molar-refractivity contribution is 7.99. The average molecular weight is 414 g/mol. The van der Waals surface area contributed by atoms with Gasteiger partial charge in [-0.15, -0.1) is 10.2 Å². The third-order valence-corrected chi connectivity index (χ3v) is 5.04. The first-order valence-corrected chi connectivity index (χ1v) is 10.2. The van der Waals surface area contributed by atoms with Crippen molar-refractivity contribution in [1.29, 1.82) is 0 Å². The van der Waals surface area contributed by atoms with E-state index < -0.39 is 5.97 Å². The van der Waals surface area contributed by atoms with Gasteiger partial charge in [-0.25, -0.2) is 0 Å². The van der Waals surface area contributed by atoms with Gasteiger partial charge in [0.25, 0.3) is 5.91 Å². The largest absolute Gasteiger partial charge is 0.461 e. The molecule has 152 valence electrons. The predicted molar refractivity (Wildman–Crippen MR) is 110 cm³/mol. The number of anilines is 1. The molecule has 0 aliphatic heterocycles. The number of hydrogen-bond donors (Lipinski definition) is 1. The molecule has 2 aromatic heterocycles. The van der Waals surface area contributed by atoms with Crippen molar-refractivity contribution in [3.63, 3.8) is 0 Å². The molecule has 0 saturated carbocycles. The zero-order chi connectivity index (χ0) is 20.6. The summed E-state index contributed by atoms with van der Waals surface area (Å²) < 4.78 is 12.3. The highest BCUT2D eigenvalue weighted by Crippen LogP contribution is 2.24. The van der Waals surface area contributed by atoms with Crippen molar-refractivity contribution in [3.05, 3.63) is 48.2 Å². The molecule has 1 N–H and O–H groups in total. The number of thioether (sulfide) groups is 1. The van der Waals surface area contributed by atoms with Crippen LogP contribution in [0.15, 0.2) is 52.2 Å². The van der Waals surface area contributed by atoms with Gasteiger partial charge in [-0.3, -0.25) is 14.2 Å². The molecule has 0 bridgehead atoms. The van der Waals surface area contributed by atoms with Crippen molar-refractivity contribution < 1.29 is 18.7 Å². The highest BCUT2D eigenvalue weighted by atomic mass is 32.2. The van der Waals surface area contributed by atoms with Gasteiger partial charge in [0.15, 0.2) is 23.3 Å². The number of esters is 1. The Balaban J connectivity index is 1.47. The molecule has 3 rings (SSSR count). The molecule has 1 aromatic carbocycles. The molecule has 0 radical (unpaired) electrons. The number of nitrogens with zero attached hydrogens (tertiary/aromatic N) is 3. The molecule has 3 aromatic rings. The number of carbonyl (C=O) groups is 2. The first-order valence-electron chi connectivity index (χ1n) is 9.25. The molecule has 2 heterocycles. The Hall–Kier alpha value is -3.07. The van der Waals surface area contributed by atoms with Crippen molar-refractivity contribution in [1.82, 2.24) is 14.8 Å². The Labute approximate surface area is 172 Å². The van der Waals surface area contributed by atoms with Crippen LogP contribution in [0, 0.1) is 0 Å². The third kappa shape index (κ3) is 5.47. The van der Waals surface area contributed by atoms with E-state index in [1.165, 1.54) is 17.3 Å². The van der Waals surface area contributed by atoms with Gasteiger partial charge in [-0.05, 0) is 43.2 Å². The van der Waals surface area contributed by atoms with Crippen molar-refractivity contribution in [2.24, 2.45) is 0 Å². The number of amides is 1. The third-order valence-electron chi connectivity index (χ3n) is 4.10. The lowest BCUT2D eigenvalue weighted by atomic mass is 10.1. The van der Waals surface area contributed by atoms with E-state index in [1.807, 2.05) is 35.8 Å². The van der Waals surface area contributed by atoms with E-state index >= 15 is 0 Å². The zero-order valence-corrected chi connectivity index (χ0v) is 17.1. The van der Waals surface area contributed by atoms with Gasteiger partial charge >= 0.3 is 5.97 Å². The van der Waals surface area contributed by atoms with E-state index in [9.17, 15) is 9.59 Å². The number of nitrogens with one attached hydrogen (secondary N) is 1. The van der Waals surface area contributed by atoms with Crippen LogP contribution in [-0.4, -0.2) is 39.0 Å². The van der Waals surface area contributed by atoms with Crippen LogP contribution >= 0.6 is 11.8 Å². The van der Waals surface area contributed by atoms with E-state index in [0.717, 1.165) is 6.42 Å². The maximum Gasteiger partial charge on any atom is 0.316 e. The quantitative estimate of drug-likeness (QED) is 0.423. The van der Waals surface area contributed by atoms with Crippen LogP contribution in [0.5, 0.6) is 0 Å². The number of aryl methyl sites for hydroxylation is 1. The van der Waals surface area contributed by atoms with Crippen LogP contribution in [-0.2, 0) is 27.3 Å². The van der Waals surface area contributed by atoms with Gasteiger partial charge in [0.2, 0.25) is 0 Å². The molecular weight excluding hydrogens is 392 g/mol. The van der Waals surface area contributed by atoms with Gasteiger partial charge < -0.3 is 14.5 Å². The normalized spacial score (nSPS) is 10.7. The zero-order valence-electron chi connectivity index (χ0n) is 16.3. The van der Waals surface area contributed by atoms with E-state index in [0.29, 0.717) is 29.0 Å². The van der Waals surface area contributed by atoms with E-state index in [2.05, 4.69) is 22.4 Å². The average Bonchev–Trinajstić information content (AvgIpc) is 3.40. The molecule has 29 heavy (non-hydrogen) atoms. The van der Waals surface area contributed by atoms with Crippen LogP contribution < -0.4 is 5.32 Å². The van der Waals surface area contributed by atoms with Crippen molar-refractivity contribution >= 4 is 29.3 Å². The Morgan fingerprint density at radius 1 is 1.17 bits per heavy atom. The summed E-state index contributed by atoms with van der Waals surface area (Å²) in [5.74, 6) is 0.342. The Bertz CT molecular complexity index is 952. The molecule has 8 nitrogen and oxygen atoms in total. The maximum absolute atomic E-state index is 12.0. The van der Waals surface area contributed by atoms with Gasteiger partial charge in [0.1, 0.15) is 0 Å². The van der Waals surface area contributed by atoms with Crippen LogP contribution in [0.1, 0.15) is 19.4 Å². The second kappa shape index (κ2) is 9.92. The van der Waals surface area contributed by atoms with Gasteiger partial charge in [0, 0.05) is 12.2 Å².